The van der Waals surface area contributed by atoms with E-state index in [1.807, 2.05) is 0 Å². The molecule has 0 bridgehead atoms. The molecule has 140 valence electrons. The molecule has 7 heteroatoms. The summed E-state index contributed by atoms with van der Waals surface area (Å²) < 4.78 is 5.79. The lowest BCUT2D eigenvalue weighted by atomic mass is 10.1. The second-order valence-corrected chi connectivity index (χ2v) is 6.07. The van der Waals surface area contributed by atoms with Crippen LogP contribution in [-0.4, -0.2) is 10.8 Å². The van der Waals surface area contributed by atoms with Crippen molar-refractivity contribution in [3.63, 3.8) is 0 Å². The molecule has 6 nitrogen and oxygen atoms in total. The normalized spacial score (nSPS) is 10.6. The second kappa shape index (κ2) is 8.83. The summed E-state index contributed by atoms with van der Waals surface area (Å²) in [6, 6.07) is 20.1. The van der Waals surface area contributed by atoms with Crippen molar-refractivity contribution in [2.45, 2.75) is 0 Å². The number of halogens is 1. The monoisotopic (exact) mass is 394 g/mol. The molecule has 3 rings (SSSR count). The molecule has 0 atom stereocenters. The molecule has 0 spiro atoms. The molecule has 0 heterocycles. The molecule has 28 heavy (non-hydrogen) atoms. The van der Waals surface area contributed by atoms with Gasteiger partial charge in [-0.3, -0.25) is 14.9 Å². The Bertz CT molecular complexity index is 1050. The fourth-order valence-electron chi connectivity index (χ4n) is 2.44. The van der Waals surface area contributed by atoms with Crippen LogP contribution in [0.3, 0.4) is 0 Å². The lowest BCUT2D eigenvalue weighted by Crippen LogP contribution is -2.08. The summed E-state index contributed by atoms with van der Waals surface area (Å²) in [6.45, 7) is 0. The lowest BCUT2D eigenvalue weighted by molar-refractivity contribution is -0.385. The van der Waals surface area contributed by atoms with Gasteiger partial charge in [0.1, 0.15) is 5.75 Å². The number of para-hydroxylation sites is 4. The number of carbonyl (C=O) groups excluding carboxylic acids is 1. The molecule has 3 aromatic rings. The predicted molar refractivity (Wildman–Crippen MR) is 109 cm³/mol. The minimum absolute atomic E-state index is 0.0750. The number of amides is 1. The third-order valence-corrected chi connectivity index (χ3v) is 4.06. The van der Waals surface area contributed by atoms with Crippen LogP contribution in [0, 0.1) is 10.1 Å². The van der Waals surface area contributed by atoms with E-state index in [2.05, 4.69) is 5.32 Å². The fraction of sp³-hybridized carbons (Fsp3) is 0. The Morgan fingerprint density at radius 2 is 1.61 bits per heavy atom. The van der Waals surface area contributed by atoms with Gasteiger partial charge in [-0.1, -0.05) is 48.0 Å². The topological polar surface area (TPSA) is 81.5 Å². The Kier molecular flexibility index (Phi) is 6.04. The van der Waals surface area contributed by atoms with Gasteiger partial charge in [-0.05, 0) is 36.4 Å². The van der Waals surface area contributed by atoms with Crippen LogP contribution in [0.15, 0.2) is 78.9 Å². The molecular formula is C21H15ClN2O4. The van der Waals surface area contributed by atoms with Gasteiger partial charge in [-0.15, -0.1) is 0 Å². The number of hydrogen-bond acceptors (Lipinski definition) is 4. The van der Waals surface area contributed by atoms with Crippen LogP contribution in [0.2, 0.25) is 5.02 Å². The van der Waals surface area contributed by atoms with E-state index < -0.39 is 10.8 Å². The molecule has 0 saturated heterocycles. The first-order chi connectivity index (χ1) is 13.5. The number of nitrogens with one attached hydrogen (secondary N) is 1. The molecule has 0 aliphatic carbocycles. The van der Waals surface area contributed by atoms with Crippen LogP contribution in [0.25, 0.3) is 6.08 Å². The third kappa shape index (κ3) is 4.75. The Balaban J connectivity index is 1.77. The van der Waals surface area contributed by atoms with E-state index in [0.29, 0.717) is 27.8 Å². The first-order valence-electron chi connectivity index (χ1n) is 8.28. The number of ether oxygens (including phenoxy) is 1. The van der Waals surface area contributed by atoms with Crippen molar-refractivity contribution in [1.29, 1.82) is 0 Å². The fourth-order valence-corrected chi connectivity index (χ4v) is 2.61. The summed E-state index contributed by atoms with van der Waals surface area (Å²) >= 11 is 6.11. The largest absolute Gasteiger partial charge is 0.454 e. The molecule has 0 aliphatic heterocycles. The highest BCUT2D eigenvalue weighted by Crippen LogP contribution is 2.33. The molecule has 0 saturated carbocycles. The van der Waals surface area contributed by atoms with E-state index in [1.54, 1.807) is 66.7 Å². The number of nitro groups is 1. The number of rotatable bonds is 6. The number of hydrogen-bond donors (Lipinski definition) is 1. The van der Waals surface area contributed by atoms with Gasteiger partial charge < -0.3 is 10.1 Å². The van der Waals surface area contributed by atoms with E-state index in [9.17, 15) is 14.9 Å². The summed E-state index contributed by atoms with van der Waals surface area (Å²) in [4.78, 5) is 22.8. The van der Waals surface area contributed by atoms with E-state index in [0.717, 1.165) is 0 Å². The first-order valence-corrected chi connectivity index (χ1v) is 8.66. The zero-order valence-electron chi connectivity index (χ0n) is 14.5. The highest BCUT2D eigenvalue weighted by Gasteiger charge is 2.11. The Morgan fingerprint density at radius 3 is 2.36 bits per heavy atom. The number of nitro benzene ring substituents is 1. The van der Waals surface area contributed by atoms with Gasteiger partial charge >= 0.3 is 0 Å². The highest BCUT2D eigenvalue weighted by atomic mass is 35.5. The highest BCUT2D eigenvalue weighted by molar-refractivity contribution is 6.32. The summed E-state index contributed by atoms with van der Waals surface area (Å²) in [5.41, 5.74) is 0.705. The quantitative estimate of drug-likeness (QED) is 0.330. The Hall–Kier alpha value is -3.64. The van der Waals surface area contributed by atoms with Gasteiger partial charge in [0.2, 0.25) is 5.91 Å². The third-order valence-electron chi connectivity index (χ3n) is 3.75. The molecule has 1 amide bonds. The van der Waals surface area contributed by atoms with Crippen molar-refractivity contribution < 1.29 is 14.5 Å². The molecule has 1 N–H and O–H groups in total. The maximum Gasteiger partial charge on any atom is 0.276 e. The van der Waals surface area contributed by atoms with Gasteiger partial charge in [0.25, 0.3) is 5.69 Å². The molecule has 0 aliphatic rings. The van der Waals surface area contributed by atoms with Crippen LogP contribution in [0.5, 0.6) is 11.5 Å². The minimum Gasteiger partial charge on any atom is -0.454 e. The molecule has 0 radical (unpaired) electrons. The van der Waals surface area contributed by atoms with Crippen molar-refractivity contribution >= 4 is 35.0 Å². The predicted octanol–water partition coefficient (Wildman–Crippen LogP) is 5.69. The standard InChI is InChI=1S/C21H15ClN2O4/c22-16-8-2-5-11-19(16)28-20-12-6-3-9-17(20)23-21(25)14-13-15-7-1-4-10-18(15)24(26)27/h1-14H,(H,23,25)/b14-13+. The lowest BCUT2D eigenvalue weighted by Gasteiger charge is -2.12. The van der Waals surface area contributed by atoms with E-state index in [1.165, 1.54) is 18.2 Å². The van der Waals surface area contributed by atoms with Gasteiger partial charge in [0.05, 0.1) is 21.2 Å². The smallest absolute Gasteiger partial charge is 0.276 e. The van der Waals surface area contributed by atoms with Crippen LogP contribution < -0.4 is 10.1 Å². The van der Waals surface area contributed by atoms with Gasteiger partial charge in [-0.25, -0.2) is 0 Å². The van der Waals surface area contributed by atoms with E-state index in [-0.39, 0.29) is 5.69 Å². The van der Waals surface area contributed by atoms with E-state index >= 15 is 0 Å². The summed E-state index contributed by atoms with van der Waals surface area (Å²) in [5, 5.41) is 14.2. The van der Waals surface area contributed by atoms with Gasteiger partial charge in [0, 0.05) is 12.1 Å². The van der Waals surface area contributed by atoms with Gasteiger partial charge in [0.15, 0.2) is 5.75 Å². The maximum absolute atomic E-state index is 12.3. The van der Waals surface area contributed by atoms with Crippen molar-refractivity contribution in [1.82, 2.24) is 0 Å². The van der Waals surface area contributed by atoms with E-state index in [4.69, 9.17) is 16.3 Å². The molecular weight excluding hydrogens is 380 g/mol. The number of benzene rings is 3. The van der Waals surface area contributed by atoms with Crippen LogP contribution >= 0.6 is 11.6 Å². The minimum atomic E-state index is -0.496. The average Bonchev–Trinajstić information content (AvgIpc) is 2.69. The van der Waals surface area contributed by atoms with Crippen molar-refractivity contribution in [2.75, 3.05) is 5.32 Å². The number of carbonyl (C=O) groups is 1. The Labute approximate surface area is 166 Å². The molecule has 0 unspecified atom stereocenters. The van der Waals surface area contributed by atoms with Crippen molar-refractivity contribution in [2.24, 2.45) is 0 Å². The summed E-state index contributed by atoms with van der Waals surface area (Å²) in [5.74, 6) is 0.428. The van der Waals surface area contributed by atoms with Crippen LogP contribution in [-0.2, 0) is 4.79 Å². The van der Waals surface area contributed by atoms with Crippen LogP contribution in [0.1, 0.15) is 5.56 Å². The van der Waals surface area contributed by atoms with Crippen molar-refractivity contribution in [3.8, 4) is 11.5 Å². The first kappa shape index (κ1) is 19.1. The van der Waals surface area contributed by atoms with Crippen molar-refractivity contribution in [3.05, 3.63) is 99.6 Å². The maximum atomic E-state index is 12.3. The van der Waals surface area contributed by atoms with Crippen LogP contribution in [0.4, 0.5) is 11.4 Å². The number of nitrogens with zero attached hydrogens (tertiary/aromatic N) is 1. The summed E-state index contributed by atoms with van der Waals surface area (Å²) in [7, 11) is 0. The van der Waals surface area contributed by atoms with Gasteiger partial charge in [-0.2, -0.15) is 0 Å². The molecule has 0 fully saturated rings. The molecule has 0 aromatic heterocycles. The SMILES string of the molecule is O=C(/C=C/c1ccccc1[N+](=O)[O-])Nc1ccccc1Oc1ccccc1Cl. The second-order valence-electron chi connectivity index (χ2n) is 5.67. The Morgan fingerprint density at radius 1 is 0.964 bits per heavy atom. The average molecular weight is 395 g/mol. The zero-order valence-corrected chi connectivity index (χ0v) is 15.3. The zero-order chi connectivity index (χ0) is 19.9. The summed E-state index contributed by atoms with van der Waals surface area (Å²) in [6.07, 6.45) is 2.62. The molecule has 3 aromatic carbocycles. The number of anilines is 1.